The zero-order valence-corrected chi connectivity index (χ0v) is 89.9. The number of nitrogens with zero attached hydrogens (tertiary/aromatic N) is 18. The molecule has 12 atom stereocenters. The van der Waals surface area contributed by atoms with E-state index in [0.717, 1.165) is 150 Å². The molecule has 136 heavy (non-hydrogen) atoms. The Hall–Kier alpha value is -6.30. The first kappa shape index (κ1) is 117. The predicted octanol–water partition coefficient (Wildman–Crippen LogP) is 14.0. The number of hydrogen-bond acceptors (Lipinski definition) is 36. The van der Waals surface area contributed by atoms with Crippen molar-refractivity contribution in [1.82, 2.24) is 57.3 Å². The van der Waals surface area contributed by atoms with Crippen LogP contribution in [0.3, 0.4) is 0 Å². The van der Waals surface area contributed by atoms with Crippen molar-refractivity contribution in [3.8, 4) is 0 Å². The van der Waals surface area contributed by atoms with Crippen molar-refractivity contribution in [2.75, 3.05) is 197 Å². The van der Waals surface area contributed by atoms with E-state index in [4.69, 9.17) is 56.8 Å². The summed E-state index contributed by atoms with van der Waals surface area (Å²) in [4.78, 5) is 111. The Balaban J connectivity index is 0.000000223. The lowest BCUT2D eigenvalue weighted by Gasteiger charge is -2.31. The lowest BCUT2D eigenvalue weighted by Crippen LogP contribution is -2.39. The van der Waals surface area contributed by atoms with E-state index >= 15 is 0 Å². The Kier molecular flexibility index (Phi) is 52.8. The molecule has 0 N–H and O–H groups in total. The van der Waals surface area contributed by atoms with Gasteiger partial charge in [0.2, 0.25) is 0 Å². The van der Waals surface area contributed by atoms with Gasteiger partial charge in [0.25, 0.3) is 0 Å². The molecule has 36 nitrogen and oxygen atoms in total. The van der Waals surface area contributed by atoms with E-state index in [9.17, 15) is 28.8 Å². The molecule has 0 saturated carbocycles. The van der Waals surface area contributed by atoms with Gasteiger partial charge < -0.3 is 86.2 Å². The standard InChI is InChI=1S/C18H31N3O3S.C16H27N3O3S.4C15H25N3O3S/c1-4-7-10-20(6-3)15-9-11-21(18(22)19-15)16-14-25-17(24-16)13-23-12-8-5-2;1-6-21-9-15-22-14(10-23-15)18-8-7-13(17-16(18)20)19(11(2)3)12(4)5;1-6-17(5)11-7-8-18(14(19)16-11)12-10-22-13(21-12)9-20-15(2,3)4;1-5-17(4)12-6-7-18(15(19)16-12)13-10-22-14(21-13)9-20-8-11(2)3;1-5-17(6-2)12-7-8-18(15(19)16-12)13-10-22-14(21-13)9-20-11(3)4;1-4-6-9-20-10-14-21-13(11-22-14)18-8-7-12(16-15(18)19)17(3)5-2/h9,11,16-17H,4-8,10,12-14H2,1-3H3;7-8,11-12,14-15H,6,9-10H2,1-5H3;7-8,12-13H,6,9-10H2,1-5H3;6-7,11,13-14H,5,8-10H2,1-4H3;7-8,11,13-14H,5-6,9-10H2,1-4H3;7-8,13-14H,4-6,9-11H2,1-3H3/t16-,17+;14-,15+;12-,13+;3*13-,14+/m111111/s1. The zero-order chi connectivity index (χ0) is 99.6. The van der Waals surface area contributed by atoms with Crippen molar-refractivity contribution in [2.24, 2.45) is 5.92 Å². The molecule has 0 radical (unpaired) electrons. The predicted molar refractivity (Wildman–Crippen MR) is 556 cm³/mol. The minimum absolute atomic E-state index is 0.00764. The summed E-state index contributed by atoms with van der Waals surface area (Å²) in [5.74, 6) is 9.17. The average Bonchev–Trinajstić information content (AvgIpc) is 1.56. The minimum Gasteiger partial charge on any atom is -0.378 e. The molecule has 42 heteroatoms. The summed E-state index contributed by atoms with van der Waals surface area (Å²) in [6.07, 6.45) is 15.9. The molecular formula is C94H158N18O18S6. The highest BCUT2D eigenvalue weighted by Gasteiger charge is 2.36. The van der Waals surface area contributed by atoms with Gasteiger partial charge in [0.05, 0.1) is 51.3 Å². The summed E-state index contributed by atoms with van der Waals surface area (Å²) in [7, 11) is 5.74. The van der Waals surface area contributed by atoms with E-state index in [1.54, 1.807) is 129 Å². The molecule has 0 amide bonds. The highest BCUT2D eigenvalue weighted by molar-refractivity contribution is 8.01. The molecule has 6 aromatic rings. The Morgan fingerprint density at radius 1 is 0.360 bits per heavy atom. The summed E-state index contributed by atoms with van der Waals surface area (Å²) in [6.45, 7) is 55.4. The maximum atomic E-state index is 12.4. The molecule has 6 aromatic heterocycles. The molecule has 6 aliphatic rings. The summed E-state index contributed by atoms with van der Waals surface area (Å²) >= 11 is 10.1. The third-order valence-electron chi connectivity index (χ3n) is 21.9. The van der Waals surface area contributed by atoms with Crippen molar-refractivity contribution in [3.63, 3.8) is 0 Å². The molecule has 6 aliphatic heterocycles. The average molecular weight is 2020 g/mol. The third-order valence-corrected chi connectivity index (χ3v) is 28.5. The first-order valence-corrected chi connectivity index (χ1v) is 54.6. The second kappa shape index (κ2) is 61.5. The normalized spacial score (nSPS) is 21.3. The maximum absolute atomic E-state index is 12.4. The van der Waals surface area contributed by atoms with E-state index in [-0.39, 0.29) is 128 Å². The van der Waals surface area contributed by atoms with Gasteiger partial charge in [-0.05, 0) is 172 Å². The van der Waals surface area contributed by atoms with Gasteiger partial charge in [0.1, 0.15) is 105 Å². The molecule has 0 aliphatic carbocycles. The van der Waals surface area contributed by atoms with Crippen LogP contribution in [0.4, 0.5) is 34.9 Å². The van der Waals surface area contributed by atoms with Crippen molar-refractivity contribution in [2.45, 2.75) is 278 Å². The van der Waals surface area contributed by atoms with Gasteiger partial charge >= 0.3 is 34.1 Å². The first-order chi connectivity index (χ1) is 65.1. The summed E-state index contributed by atoms with van der Waals surface area (Å²) in [5.41, 5.74) is -1.91. The van der Waals surface area contributed by atoms with Crippen molar-refractivity contribution < 1.29 is 56.8 Å². The molecule has 768 valence electrons. The van der Waals surface area contributed by atoms with Crippen LogP contribution >= 0.6 is 70.6 Å². The van der Waals surface area contributed by atoms with Gasteiger partial charge in [-0.25, -0.2) is 28.8 Å². The summed E-state index contributed by atoms with van der Waals surface area (Å²) < 4.78 is 78.3. The van der Waals surface area contributed by atoms with Gasteiger partial charge in [-0.2, -0.15) is 29.9 Å². The van der Waals surface area contributed by atoms with Crippen LogP contribution in [0.1, 0.15) is 221 Å². The van der Waals surface area contributed by atoms with Crippen LogP contribution in [0.25, 0.3) is 0 Å². The van der Waals surface area contributed by atoms with Crippen LogP contribution in [-0.2, 0) is 56.8 Å². The van der Waals surface area contributed by atoms with Gasteiger partial charge in [-0.15, -0.1) is 70.6 Å². The number of ether oxygens (including phenoxy) is 12. The van der Waals surface area contributed by atoms with Gasteiger partial charge in [-0.1, -0.05) is 53.9 Å². The summed E-state index contributed by atoms with van der Waals surface area (Å²) in [5, 5.41) is 0. The monoisotopic (exact) mass is 2020 g/mol. The smallest absolute Gasteiger partial charge is 0.351 e. The van der Waals surface area contributed by atoms with E-state index in [2.05, 4.69) is 114 Å². The molecule has 12 rings (SSSR count). The van der Waals surface area contributed by atoms with Crippen LogP contribution in [0.2, 0.25) is 0 Å². The Labute approximate surface area is 831 Å². The van der Waals surface area contributed by atoms with Gasteiger partial charge in [0, 0.05) is 177 Å². The van der Waals surface area contributed by atoms with Crippen molar-refractivity contribution in [1.29, 1.82) is 0 Å². The van der Waals surface area contributed by atoms with Gasteiger partial charge in [0.15, 0.2) is 0 Å². The highest BCUT2D eigenvalue weighted by atomic mass is 32.2. The summed E-state index contributed by atoms with van der Waals surface area (Å²) in [6, 6.07) is 11.8. The second-order valence-corrected chi connectivity index (χ2v) is 42.1. The second-order valence-electron chi connectivity index (χ2n) is 35.0. The van der Waals surface area contributed by atoms with Crippen molar-refractivity contribution in [3.05, 3.63) is 136 Å². The number of aromatic nitrogens is 12. The van der Waals surface area contributed by atoms with Crippen LogP contribution in [-0.4, -0.2) is 281 Å². The topological polar surface area (TPSA) is 340 Å². The first-order valence-electron chi connectivity index (χ1n) is 48.3. The maximum Gasteiger partial charge on any atom is 0.351 e. The van der Waals surface area contributed by atoms with E-state index in [1.165, 1.54) is 0 Å². The molecule has 0 bridgehead atoms. The van der Waals surface area contributed by atoms with Crippen LogP contribution in [0, 0.1) is 5.92 Å². The van der Waals surface area contributed by atoms with Crippen LogP contribution < -0.4 is 63.5 Å². The van der Waals surface area contributed by atoms with Crippen LogP contribution in [0.5, 0.6) is 0 Å². The fraction of sp³-hybridized carbons (Fsp3) is 0.745. The largest absolute Gasteiger partial charge is 0.378 e. The third kappa shape index (κ3) is 38.5. The fourth-order valence-electron chi connectivity index (χ4n) is 13.9. The molecule has 6 saturated heterocycles. The molecule has 0 aromatic carbocycles. The molecule has 6 fully saturated rings. The van der Waals surface area contributed by atoms with Gasteiger partial charge in [-0.3, -0.25) is 27.4 Å². The van der Waals surface area contributed by atoms with Crippen LogP contribution in [0.15, 0.2) is 102 Å². The number of thioether (sulfide) groups is 6. The number of unbranched alkanes of at least 4 members (excludes halogenated alkanes) is 3. The zero-order valence-electron chi connectivity index (χ0n) is 85.0. The number of anilines is 6. The molecular weight excluding hydrogens is 1860 g/mol. The lowest BCUT2D eigenvalue weighted by molar-refractivity contribution is -0.0684. The van der Waals surface area contributed by atoms with E-state index in [0.29, 0.717) is 75.4 Å². The Morgan fingerprint density at radius 2 is 0.640 bits per heavy atom. The Bertz CT molecular complexity index is 4770. The highest BCUT2D eigenvalue weighted by Crippen LogP contribution is 2.37. The number of rotatable bonds is 45. The molecule has 0 spiro atoms. The Morgan fingerprint density at radius 3 is 0.919 bits per heavy atom. The fourth-order valence-corrected chi connectivity index (χ4v) is 20.0. The SMILES string of the molecule is CCCCOC[C@H]1O[C@@H](n2ccc(N(C)CC)nc2=O)CS1.CCCCOC[C@H]1O[C@@H](n2ccc(N(CC)CCCC)nc2=O)CS1.CCN(C)c1ccn([C@H]2CS[C@@H](COC(C)(C)C)O2)c(=O)n1.CCN(C)c1ccn([C@H]2CS[C@@H](COCC(C)C)O2)c(=O)n1.CCN(CC)c1ccn([C@H]2CS[C@@H](COC(C)C)O2)c(=O)n1.CCOC[C@H]1O[C@@H](n2ccc(N(C(C)C)C(C)C)nc2=O)CS1. The quantitative estimate of drug-likeness (QED) is 0.0320. The molecule has 12 heterocycles. The molecule has 0 unspecified atom stereocenters. The van der Waals surface area contributed by atoms with E-state index < -0.39 is 0 Å². The number of hydrogen-bond donors (Lipinski definition) is 0. The minimum atomic E-state index is -0.278. The lowest BCUT2D eigenvalue weighted by atomic mass is 10.2. The van der Waals surface area contributed by atoms with E-state index in [1.807, 2.05) is 155 Å². The van der Waals surface area contributed by atoms with Crippen molar-refractivity contribution >= 4 is 105 Å².